The maximum atomic E-state index is 12.9. The molecule has 2 heterocycles. The smallest absolute Gasteiger partial charge is 0.256 e. The van der Waals surface area contributed by atoms with Crippen LogP contribution in [-0.4, -0.2) is 81.3 Å². The zero-order chi connectivity index (χ0) is 20.8. The highest BCUT2D eigenvalue weighted by atomic mass is 16.5. The van der Waals surface area contributed by atoms with Gasteiger partial charge < -0.3 is 25.6 Å². The van der Waals surface area contributed by atoms with Gasteiger partial charge in [-0.15, -0.1) is 0 Å². The van der Waals surface area contributed by atoms with Gasteiger partial charge >= 0.3 is 0 Å². The topological polar surface area (TPSA) is 74.1 Å². The fourth-order valence-corrected chi connectivity index (χ4v) is 4.05. The summed E-state index contributed by atoms with van der Waals surface area (Å²) in [5.41, 5.74) is 9.44. The summed E-state index contributed by atoms with van der Waals surface area (Å²) in [6.07, 6.45) is 0. The predicted octanol–water partition coefficient (Wildman–Crippen LogP) is 1.98. The number of rotatable bonds is 6. The molecular weight excluding hydrogens is 378 g/mol. The lowest BCUT2D eigenvalue weighted by atomic mass is 10.1. The second kappa shape index (κ2) is 9.82. The van der Waals surface area contributed by atoms with Crippen molar-refractivity contribution in [3.63, 3.8) is 0 Å². The Balaban J connectivity index is 1.30. The molecule has 30 heavy (non-hydrogen) atoms. The molecule has 2 aromatic rings. The molecule has 7 heteroatoms. The number of nitrogens with two attached hydrogens (primary N) is 1. The molecule has 0 saturated carbocycles. The Bertz CT molecular complexity index is 831. The van der Waals surface area contributed by atoms with E-state index >= 15 is 0 Å². The van der Waals surface area contributed by atoms with Crippen LogP contribution in [0.5, 0.6) is 0 Å². The summed E-state index contributed by atoms with van der Waals surface area (Å²) in [5, 5.41) is 3.45. The molecule has 2 fully saturated rings. The number of anilines is 3. The molecular formula is C23H31N5O2. The largest absolute Gasteiger partial charge is 0.399 e. The Morgan fingerprint density at radius 2 is 1.70 bits per heavy atom. The van der Waals surface area contributed by atoms with E-state index in [-0.39, 0.29) is 5.91 Å². The number of piperazine rings is 1. The van der Waals surface area contributed by atoms with Gasteiger partial charge in [0.2, 0.25) is 0 Å². The van der Waals surface area contributed by atoms with Crippen LogP contribution in [0.1, 0.15) is 10.4 Å². The molecule has 0 aliphatic carbocycles. The van der Waals surface area contributed by atoms with Crippen molar-refractivity contribution in [2.75, 3.05) is 81.5 Å². The number of carbonyl (C=O) groups excluding carboxylic acids is 1. The van der Waals surface area contributed by atoms with Crippen LogP contribution in [0.4, 0.5) is 17.1 Å². The number of para-hydroxylation sites is 1. The van der Waals surface area contributed by atoms with Gasteiger partial charge in [0.25, 0.3) is 5.91 Å². The van der Waals surface area contributed by atoms with Crippen molar-refractivity contribution in [2.24, 2.45) is 0 Å². The number of benzene rings is 2. The van der Waals surface area contributed by atoms with E-state index in [1.54, 1.807) is 6.07 Å². The van der Waals surface area contributed by atoms with Crippen LogP contribution >= 0.6 is 0 Å². The first-order valence-corrected chi connectivity index (χ1v) is 10.7. The summed E-state index contributed by atoms with van der Waals surface area (Å²) < 4.78 is 5.36. The Morgan fingerprint density at radius 1 is 0.967 bits per heavy atom. The molecule has 2 saturated heterocycles. The summed E-state index contributed by atoms with van der Waals surface area (Å²) in [6.45, 7) is 8.30. The molecule has 0 atom stereocenters. The van der Waals surface area contributed by atoms with Crippen LogP contribution in [0, 0.1) is 0 Å². The minimum atomic E-state index is 0.0391. The Labute approximate surface area is 178 Å². The molecule has 160 valence electrons. The van der Waals surface area contributed by atoms with Crippen LogP contribution in [0.25, 0.3) is 0 Å². The lowest BCUT2D eigenvalue weighted by Gasteiger charge is -2.36. The molecule has 2 aliphatic rings. The molecule has 1 amide bonds. The van der Waals surface area contributed by atoms with Crippen LogP contribution in [0.3, 0.4) is 0 Å². The number of hydrogen-bond donors (Lipinski definition) is 2. The van der Waals surface area contributed by atoms with Gasteiger partial charge in [0, 0.05) is 69.4 Å². The molecule has 3 N–H and O–H groups in total. The minimum absolute atomic E-state index is 0.0391. The van der Waals surface area contributed by atoms with Crippen molar-refractivity contribution >= 4 is 23.0 Å². The normalized spacial score (nSPS) is 17.7. The molecule has 7 nitrogen and oxygen atoms in total. The van der Waals surface area contributed by atoms with E-state index in [1.165, 1.54) is 5.69 Å². The maximum absolute atomic E-state index is 12.9. The third-order valence-electron chi connectivity index (χ3n) is 5.81. The van der Waals surface area contributed by atoms with E-state index in [0.717, 1.165) is 45.0 Å². The van der Waals surface area contributed by atoms with Gasteiger partial charge in [-0.1, -0.05) is 18.2 Å². The highest BCUT2D eigenvalue weighted by Crippen LogP contribution is 2.22. The number of nitrogens with zero attached hydrogens (tertiary/aromatic N) is 3. The lowest BCUT2D eigenvalue weighted by Crippen LogP contribution is -2.47. The second-order valence-corrected chi connectivity index (χ2v) is 7.80. The van der Waals surface area contributed by atoms with E-state index in [9.17, 15) is 4.79 Å². The van der Waals surface area contributed by atoms with Gasteiger partial charge in [-0.3, -0.25) is 9.69 Å². The Morgan fingerprint density at radius 3 is 2.43 bits per heavy atom. The van der Waals surface area contributed by atoms with Crippen LogP contribution in [0.15, 0.2) is 48.5 Å². The fourth-order valence-electron chi connectivity index (χ4n) is 4.05. The standard InChI is InChI=1S/C23H31N5O2/c24-19-6-7-21(23(29)28-14-16-30-17-15-28)22(18-19)25-8-9-26-10-12-27(13-11-26)20-4-2-1-3-5-20/h1-7,18,25H,8-17,24H2. The highest BCUT2D eigenvalue weighted by Gasteiger charge is 2.21. The minimum Gasteiger partial charge on any atom is -0.399 e. The van der Waals surface area contributed by atoms with Crippen molar-refractivity contribution in [1.82, 2.24) is 9.80 Å². The monoisotopic (exact) mass is 409 g/mol. The summed E-state index contributed by atoms with van der Waals surface area (Å²) in [5.74, 6) is 0.0391. The average Bonchev–Trinajstić information content (AvgIpc) is 2.80. The molecule has 4 rings (SSSR count). The summed E-state index contributed by atoms with van der Waals surface area (Å²) in [7, 11) is 0. The van der Waals surface area contributed by atoms with Gasteiger partial charge in [0.15, 0.2) is 0 Å². The Kier molecular flexibility index (Phi) is 6.71. The number of amides is 1. The second-order valence-electron chi connectivity index (χ2n) is 7.80. The third-order valence-corrected chi connectivity index (χ3v) is 5.81. The highest BCUT2D eigenvalue weighted by molar-refractivity contribution is 6.00. The van der Waals surface area contributed by atoms with Crippen LogP contribution in [0.2, 0.25) is 0 Å². The number of nitrogen functional groups attached to an aromatic ring is 1. The summed E-state index contributed by atoms with van der Waals surface area (Å²) in [4.78, 5) is 19.7. The quantitative estimate of drug-likeness (QED) is 0.711. The SMILES string of the molecule is Nc1ccc(C(=O)N2CCOCC2)c(NCCN2CCN(c3ccccc3)CC2)c1. The molecule has 2 aromatic carbocycles. The van der Waals surface area contributed by atoms with Crippen molar-refractivity contribution in [3.8, 4) is 0 Å². The number of hydrogen-bond acceptors (Lipinski definition) is 6. The van der Waals surface area contributed by atoms with E-state index in [2.05, 4.69) is 45.4 Å². The predicted molar refractivity (Wildman–Crippen MR) is 121 cm³/mol. The van der Waals surface area contributed by atoms with Crippen LogP contribution in [-0.2, 0) is 4.74 Å². The summed E-state index contributed by atoms with van der Waals surface area (Å²) in [6, 6.07) is 16.1. The third kappa shape index (κ3) is 5.04. The number of carbonyl (C=O) groups is 1. The number of morpholine rings is 1. The number of nitrogens with one attached hydrogen (secondary N) is 1. The molecule has 0 radical (unpaired) electrons. The van der Waals surface area contributed by atoms with Crippen molar-refractivity contribution < 1.29 is 9.53 Å². The van der Waals surface area contributed by atoms with Gasteiger partial charge in [0.05, 0.1) is 18.8 Å². The van der Waals surface area contributed by atoms with Gasteiger partial charge in [-0.25, -0.2) is 0 Å². The molecule has 0 spiro atoms. The first kappa shape index (κ1) is 20.5. The average molecular weight is 410 g/mol. The van der Waals surface area contributed by atoms with Crippen molar-refractivity contribution in [2.45, 2.75) is 0 Å². The van der Waals surface area contributed by atoms with Gasteiger partial charge in [0.1, 0.15) is 0 Å². The summed E-state index contributed by atoms with van der Waals surface area (Å²) >= 11 is 0. The molecule has 0 unspecified atom stereocenters. The number of ether oxygens (including phenoxy) is 1. The molecule has 0 bridgehead atoms. The lowest BCUT2D eigenvalue weighted by molar-refractivity contribution is 0.0303. The zero-order valence-corrected chi connectivity index (χ0v) is 17.4. The fraction of sp³-hybridized carbons (Fsp3) is 0.435. The zero-order valence-electron chi connectivity index (χ0n) is 17.4. The van der Waals surface area contributed by atoms with Gasteiger partial charge in [-0.2, -0.15) is 0 Å². The molecule has 2 aliphatic heterocycles. The first-order chi connectivity index (χ1) is 14.7. The van der Waals surface area contributed by atoms with E-state index < -0.39 is 0 Å². The van der Waals surface area contributed by atoms with E-state index in [1.807, 2.05) is 17.0 Å². The molecule has 0 aromatic heterocycles. The maximum Gasteiger partial charge on any atom is 0.256 e. The Hall–Kier alpha value is -2.77. The van der Waals surface area contributed by atoms with E-state index in [0.29, 0.717) is 37.6 Å². The van der Waals surface area contributed by atoms with Crippen molar-refractivity contribution in [1.29, 1.82) is 0 Å². The van der Waals surface area contributed by atoms with Gasteiger partial charge in [-0.05, 0) is 30.3 Å². The van der Waals surface area contributed by atoms with E-state index in [4.69, 9.17) is 10.5 Å². The van der Waals surface area contributed by atoms with Crippen molar-refractivity contribution in [3.05, 3.63) is 54.1 Å². The van der Waals surface area contributed by atoms with Crippen LogP contribution < -0.4 is 16.0 Å². The first-order valence-electron chi connectivity index (χ1n) is 10.7.